The van der Waals surface area contributed by atoms with Crippen LogP contribution >= 0.6 is 0 Å². The number of carboxylic acid groups (broad SMARTS) is 3. The van der Waals surface area contributed by atoms with Crippen LogP contribution < -0.4 is 11.3 Å². The summed E-state index contributed by atoms with van der Waals surface area (Å²) in [5.74, 6) is -0.241. The van der Waals surface area contributed by atoms with Crippen molar-refractivity contribution < 1.29 is 34.8 Å². The minimum atomic E-state index is -2.74. The predicted octanol–water partition coefficient (Wildman–Crippen LogP) is -1.78. The van der Waals surface area contributed by atoms with Gasteiger partial charge in [0.1, 0.15) is 0 Å². The van der Waals surface area contributed by atoms with Crippen molar-refractivity contribution in [2.24, 2.45) is 5.84 Å². The van der Waals surface area contributed by atoms with Crippen molar-refractivity contribution in [1.82, 2.24) is 5.43 Å². The van der Waals surface area contributed by atoms with Crippen LogP contribution in [0.5, 0.6) is 0 Å². The van der Waals surface area contributed by atoms with E-state index in [1.807, 2.05) is 6.92 Å². The van der Waals surface area contributed by atoms with Crippen molar-refractivity contribution in [2.45, 2.75) is 25.4 Å². The Labute approximate surface area is 96.8 Å². The molecule has 17 heavy (non-hydrogen) atoms. The van der Waals surface area contributed by atoms with Gasteiger partial charge in [0.15, 0.2) is 5.60 Å². The second-order valence-corrected chi connectivity index (χ2v) is 3.04. The maximum Gasteiger partial charge on any atom is 0.336 e. The number of hydrogen-bond acceptors (Lipinski definition) is 6. The minimum absolute atomic E-state index is 0.847. The summed E-state index contributed by atoms with van der Waals surface area (Å²) in [4.78, 5) is 30.5. The Morgan fingerprint density at radius 3 is 1.53 bits per heavy atom. The van der Waals surface area contributed by atoms with Crippen molar-refractivity contribution in [3.8, 4) is 0 Å². The number of aliphatic hydroxyl groups is 1. The van der Waals surface area contributed by atoms with Crippen LogP contribution in [0, 0.1) is 0 Å². The number of carboxylic acids is 3. The molecule has 0 aliphatic heterocycles. The summed E-state index contributed by atoms with van der Waals surface area (Å²) in [7, 11) is 0. The van der Waals surface area contributed by atoms with E-state index in [2.05, 4.69) is 5.43 Å². The fraction of sp³-hybridized carbons (Fsp3) is 0.625. The van der Waals surface area contributed by atoms with Gasteiger partial charge < -0.3 is 20.4 Å². The molecule has 100 valence electrons. The molecule has 0 aromatic rings. The van der Waals surface area contributed by atoms with Crippen LogP contribution in [0.3, 0.4) is 0 Å². The van der Waals surface area contributed by atoms with Crippen molar-refractivity contribution in [3.63, 3.8) is 0 Å². The van der Waals surface area contributed by atoms with E-state index >= 15 is 0 Å². The maximum atomic E-state index is 10.3. The molecule has 0 radical (unpaired) electrons. The molecule has 0 unspecified atom stereocenters. The third-order valence-corrected chi connectivity index (χ3v) is 1.49. The van der Waals surface area contributed by atoms with Crippen LogP contribution in [0.15, 0.2) is 0 Å². The van der Waals surface area contributed by atoms with E-state index in [0.29, 0.717) is 0 Å². The van der Waals surface area contributed by atoms with Crippen LogP contribution in [-0.4, -0.2) is 50.5 Å². The molecule has 0 amide bonds. The van der Waals surface area contributed by atoms with E-state index in [1.54, 1.807) is 0 Å². The highest BCUT2D eigenvalue weighted by Gasteiger charge is 2.40. The summed E-state index contributed by atoms with van der Waals surface area (Å²) in [6.45, 7) is 2.79. The standard InChI is InChI=1S/C6H8O7.C2H8N2/c7-3(8)1-6(13,5(11)12)2-4(9)10;1-2-4-3/h13H,1-2H2,(H,7,8)(H,9,10)(H,11,12);4H,2-3H2,1H3. The number of rotatable bonds is 6. The molecule has 0 aliphatic carbocycles. The average molecular weight is 252 g/mol. The molecule has 0 spiro atoms. The highest BCUT2D eigenvalue weighted by Crippen LogP contribution is 2.15. The molecule has 0 rings (SSSR count). The largest absolute Gasteiger partial charge is 0.481 e. The molecule has 0 fully saturated rings. The molecule has 9 nitrogen and oxygen atoms in total. The average Bonchev–Trinajstić information content (AvgIpc) is 2.15. The summed E-state index contributed by atoms with van der Waals surface area (Å²) < 4.78 is 0. The van der Waals surface area contributed by atoms with Crippen molar-refractivity contribution in [2.75, 3.05) is 6.54 Å². The molecule has 0 aliphatic rings. The Bertz CT molecular complexity index is 261. The van der Waals surface area contributed by atoms with Gasteiger partial charge in [-0.05, 0) is 0 Å². The molecule has 9 heteroatoms. The van der Waals surface area contributed by atoms with Gasteiger partial charge in [-0.15, -0.1) is 0 Å². The van der Waals surface area contributed by atoms with Gasteiger partial charge in [0.2, 0.25) is 0 Å². The maximum absolute atomic E-state index is 10.3. The lowest BCUT2D eigenvalue weighted by Gasteiger charge is -2.18. The van der Waals surface area contributed by atoms with Crippen LogP contribution in [0.25, 0.3) is 0 Å². The topological polar surface area (TPSA) is 170 Å². The lowest BCUT2D eigenvalue weighted by molar-refractivity contribution is -0.170. The Morgan fingerprint density at radius 1 is 1.12 bits per heavy atom. The van der Waals surface area contributed by atoms with Crippen molar-refractivity contribution >= 4 is 17.9 Å². The first kappa shape index (κ1) is 17.7. The van der Waals surface area contributed by atoms with E-state index in [0.717, 1.165) is 6.54 Å². The van der Waals surface area contributed by atoms with Crippen molar-refractivity contribution in [1.29, 1.82) is 0 Å². The SMILES string of the molecule is CCNN.O=C(O)CC(O)(CC(=O)O)C(=O)O. The van der Waals surface area contributed by atoms with Gasteiger partial charge in [-0.2, -0.15) is 0 Å². The van der Waals surface area contributed by atoms with Gasteiger partial charge in [-0.3, -0.25) is 20.9 Å². The monoisotopic (exact) mass is 252 g/mol. The predicted molar refractivity (Wildman–Crippen MR) is 55.0 cm³/mol. The number of hydrazine groups is 1. The molecule has 0 bridgehead atoms. The summed E-state index contributed by atoms with van der Waals surface area (Å²) in [6, 6.07) is 0. The molecular formula is C8H16N2O7. The van der Waals surface area contributed by atoms with Crippen LogP contribution in [0.1, 0.15) is 19.8 Å². The lowest BCUT2D eigenvalue weighted by atomic mass is 9.96. The highest BCUT2D eigenvalue weighted by molar-refractivity contribution is 5.88. The Balaban J connectivity index is 0. The zero-order valence-corrected chi connectivity index (χ0v) is 9.21. The Hall–Kier alpha value is -1.71. The van der Waals surface area contributed by atoms with Gasteiger partial charge in [-0.25, -0.2) is 4.79 Å². The molecule has 0 saturated carbocycles. The molecule has 0 aromatic heterocycles. The minimum Gasteiger partial charge on any atom is -0.481 e. The number of aliphatic carboxylic acids is 3. The third-order valence-electron chi connectivity index (χ3n) is 1.49. The normalized spacial score (nSPS) is 10.1. The van der Waals surface area contributed by atoms with E-state index in [4.69, 9.17) is 26.3 Å². The zero-order valence-electron chi connectivity index (χ0n) is 9.21. The molecule has 7 N–H and O–H groups in total. The Kier molecular flexibility index (Phi) is 8.78. The number of nitrogens with two attached hydrogens (primary N) is 1. The summed E-state index contributed by atoms with van der Waals surface area (Å²) >= 11 is 0. The second-order valence-electron chi connectivity index (χ2n) is 3.04. The lowest BCUT2D eigenvalue weighted by Crippen LogP contribution is -2.42. The first-order valence-electron chi connectivity index (χ1n) is 4.52. The first-order chi connectivity index (χ1) is 7.69. The summed E-state index contributed by atoms with van der Waals surface area (Å²) in [5, 5.41) is 33.8. The molecule has 0 atom stereocenters. The number of nitrogens with one attached hydrogen (secondary N) is 1. The van der Waals surface area contributed by atoms with E-state index < -0.39 is 36.4 Å². The third kappa shape index (κ3) is 9.23. The fourth-order valence-electron chi connectivity index (χ4n) is 0.714. The van der Waals surface area contributed by atoms with Crippen molar-refractivity contribution in [3.05, 3.63) is 0 Å². The smallest absolute Gasteiger partial charge is 0.336 e. The second kappa shape index (κ2) is 8.44. The summed E-state index contributed by atoms with van der Waals surface area (Å²) in [5.41, 5.74) is -0.308. The molecular weight excluding hydrogens is 236 g/mol. The molecule has 0 saturated heterocycles. The van der Waals surface area contributed by atoms with Gasteiger partial charge in [-0.1, -0.05) is 6.92 Å². The van der Waals surface area contributed by atoms with E-state index in [1.165, 1.54) is 0 Å². The Morgan fingerprint density at radius 2 is 1.41 bits per heavy atom. The van der Waals surface area contributed by atoms with Gasteiger partial charge >= 0.3 is 17.9 Å². The van der Waals surface area contributed by atoms with Gasteiger partial charge in [0.05, 0.1) is 12.8 Å². The van der Waals surface area contributed by atoms with Crippen LogP contribution in [-0.2, 0) is 14.4 Å². The highest BCUT2D eigenvalue weighted by atomic mass is 16.4. The quantitative estimate of drug-likeness (QED) is 0.236. The number of hydrogen-bond donors (Lipinski definition) is 6. The fourth-order valence-corrected chi connectivity index (χ4v) is 0.714. The number of carbonyl (C=O) groups is 3. The van der Waals surface area contributed by atoms with Gasteiger partial charge in [0.25, 0.3) is 0 Å². The molecule has 0 heterocycles. The van der Waals surface area contributed by atoms with Crippen LogP contribution in [0.2, 0.25) is 0 Å². The summed E-state index contributed by atoms with van der Waals surface area (Å²) in [6.07, 6.45) is -2.29. The molecule has 0 aromatic carbocycles. The van der Waals surface area contributed by atoms with E-state index in [9.17, 15) is 14.4 Å². The zero-order chi connectivity index (χ0) is 14.1. The first-order valence-corrected chi connectivity index (χ1v) is 4.52. The van der Waals surface area contributed by atoms with Crippen LogP contribution in [0.4, 0.5) is 0 Å². The van der Waals surface area contributed by atoms with Gasteiger partial charge in [0, 0.05) is 6.54 Å². The van der Waals surface area contributed by atoms with E-state index in [-0.39, 0.29) is 0 Å².